The zero-order valence-electron chi connectivity index (χ0n) is 21.7. The monoisotopic (exact) mass is 558 g/mol. The van der Waals surface area contributed by atoms with Gasteiger partial charge >= 0.3 is 34.2 Å². The zero-order chi connectivity index (χ0) is 21.2. The Morgan fingerprint density at radius 1 is 0.912 bits per heavy atom. The Balaban J connectivity index is 0. The van der Waals surface area contributed by atoms with Crippen molar-refractivity contribution in [3.8, 4) is 11.1 Å². The van der Waals surface area contributed by atoms with Gasteiger partial charge in [0.25, 0.3) is 0 Å². The largest absolute Gasteiger partial charge is 0.168 e. The molecule has 1 aliphatic rings. The van der Waals surface area contributed by atoms with Crippen LogP contribution < -0.4 is 0 Å². The molecule has 0 saturated carbocycles. The van der Waals surface area contributed by atoms with E-state index in [2.05, 4.69) is 99.5 Å². The minimum Gasteiger partial charge on any atom is -0.168 e. The predicted octanol–water partition coefficient (Wildman–Crippen LogP) is 8.50. The summed E-state index contributed by atoms with van der Waals surface area (Å²) in [5.74, 6) is 0. The Labute approximate surface area is 225 Å². The fourth-order valence-corrected chi connectivity index (χ4v) is 4.25. The minimum atomic E-state index is -0.159. The Hall–Kier alpha value is -1.28. The molecule has 0 unspecified atom stereocenters. The van der Waals surface area contributed by atoms with Gasteiger partial charge in [-0.2, -0.15) is 35.9 Å². The van der Waals surface area contributed by atoms with Crippen LogP contribution in [0.25, 0.3) is 21.9 Å². The molecule has 182 valence electrons. The standard InChI is InChI=1S/C18H15.C9H13.4CH3.2Si.Zr/c1-2-6-13(7-3-1)18-16-10-4-8-14(16)12-15-9-5-11-17(15)18;1-2-3-6-9-7-4-5-8-9;;;;;;;/h1-4,6-8,10,12H,5,9,11H2;4-5,7-8H,2-3,6H2,1H3;4*1H3;;;/q6*-1;;;. The average molecular weight is 560 g/mol. The van der Waals surface area contributed by atoms with Crippen molar-refractivity contribution in [2.75, 3.05) is 0 Å². The second-order valence-electron chi connectivity index (χ2n) is 7.66. The summed E-state index contributed by atoms with van der Waals surface area (Å²) in [6, 6.07) is 28.5. The van der Waals surface area contributed by atoms with E-state index in [-0.39, 0.29) is 50.2 Å². The Morgan fingerprint density at radius 3 is 2.24 bits per heavy atom. The molecule has 0 heterocycles. The second-order valence-corrected chi connectivity index (χ2v) is 14.2. The van der Waals surface area contributed by atoms with Crippen LogP contribution >= 0.6 is 0 Å². The van der Waals surface area contributed by atoms with E-state index < -0.39 is 0 Å². The van der Waals surface area contributed by atoms with Crippen molar-refractivity contribution in [1.29, 1.82) is 0 Å². The summed E-state index contributed by atoms with van der Waals surface area (Å²) in [5, 5.41) is 2.82. The van der Waals surface area contributed by atoms with Gasteiger partial charge in [0.05, 0.1) is 0 Å². The summed E-state index contributed by atoms with van der Waals surface area (Å²) in [6.07, 6.45) is 7.66. The summed E-state index contributed by atoms with van der Waals surface area (Å²) in [4.78, 5) is 0. The topological polar surface area (TPSA) is 0 Å². The van der Waals surface area contributed by atoms with Crippen molar-refractivity contribution in [3.63, 3.8) is 0 Å². The smallest absolute Gasteiger partial charge is 0.0276 e. The Morgan fingerprint density at radius 2 is 1.62 bits per heavy atom. The van der Waals surface area contributed by atoms with Gasteiger partial charge in [-0.05, 0) is 24.8 Å². The summed E-state index contributed by atoms with van der Waals surface area (Å²) >= 11 is -0.159. The van der Waals surface area contributed by atoms with E-state index in [0.717, 1.165) is 0 Å². The molecule has 4 radical (unpaired) electrons. The first-order valence-corrected chi connectivity index (χ1v) is 19.2. The molecule has 3 heteroatoms. The van der Waals surface area contributed by atoms with Crippen LogP contribution in [0.4, 0.5) is 0 Å². The van der Waals surface area contributed by atoms with Crippen LogP contribution in [0.15, 0.2) is 78.9 Å². The van der Waals surface area contributed by atoms with Crippen LogP contribution in [-0.2, 0) is 39.7 Å². The van der Waals surface area contributed by atoms with Crippen LogP contribution in [-0.4, -0.2) is 13.8 Å². The molecule has 4 aromatic rings. The maximum absolute atomic E-state index is 3.27. The normalized spacial score (nSPS) is 10.3. The van der Waals surface area contributed by atoms with Crippen molar-refractivity contribution >= 4 is 24.5 Å². The maximum Gasteiger partial charge on any atom is -0.0276 e. The van der Waals surface area contributed by atoms with Gasteiger partial charge in [-0.15, -0.1) is 22.9 Å². The first kappa shape index (κ1) is 34.9. The first-order valence-electron chi connectivity index (χ1n) is 10.8. The molecule has 1 aliphatic carbocycles. The third-order valence-corrected chi connectivity index (χ3v) is 5.62. The fourth-order valence-electron chi connectivity index (χ4n) is 4.25. The quantitative estimate of drug-likeness (QED) is 0.174. The van der Waals surface area contributed by atoms with Gasteiger partial charge in [-0.3, -0.25) is 0 Å². The third-order valence-electron chi connectivity index (χ3n) is 5.62. The van der Waals surface area contributed by atoms with Crippen molar-refractivity contribution in [3.05, 3.63) is 125 Å². The van der Waals surface area contributed by atoms with E-state index in [4.69, 9.17) is 0 Å². The molecule has 0 amide bonds. The SMILES string of the molecule is CCCCc1cc[cH-]c1.[CH3-].[CH3-].[CH3-].[CH3-].[Si]=[Zr]=[Si].c1ccc(-c2c3c(cc4[cH-]ccc24)CCC3)cc1. The first-order chi connectivity index (χ1) is 14.8. The van der Waals surface area contributed by atoms with Crippen LogP contribution in [0.2, 0.25) is 0 Å². The summed E-state index contributed by atoms with van der Waals surface area (Å²) in [5.41, 5.74) is 7.47. The zero-order valence-corrected chi connectivity index (χ0v) is 26.2. The molecule has 0 nitrogen and oxygen atoms in total. The van der Waals surface area contributed by atoms with Crippen LogP contribution in [0.3, 0.4) is 0 Å². The number of fused-ring (bicyclic) bond motifs is 2. The van der Waals surface area contributed by atoms with Crippen LogP contribution in [0.1, 0.15) is 42.9 Å². The predicted molar refractivity (Wildman–Crippen MR) is 155 cm³/mol. The molecule has 0 N–H and O–H groups in total. The molecule has 4 aromatic carbocycles. The number of hydrogen-bond donors (Lipinski definition) is 0. The molecule has 34 heavy (non-hydrogen) atoms. The maximum atomic E-state index is 3.27. The van der Waals surface area contributed by atoms with Gasteiger partial charge in [-0.1, -0.05) is 73.2 Å². The average Bonchev–Trinajstić information content (AvgIpc) is 3.53. The van der Waals surface area contributed by atoms with Crippen LogP contribution in [0.5, 0.6) is 0 Å². The number of rotatable bonds is 4. The van der Waals surface area contributed by atoms with Gasteiger partial charge in [-0.25, -0.2) is 6.07 Å². The minimum absolute atomic E-state index is 0. The van der Waals surface area contributed by atoms with E-state index in [1.807, 2.05) is 0 Å². The molecular formula is C31H40Si2Zr-6. The summed E-state index contributed by atoms with van der Waals surface area (Å²) in [7, 11) is 0. The van der Waals surface area contributed by atoms with E-state index in [1.54, 1.807) is 11.1 Å². The van der Waals surface area contributed by atoms with Crippen molar-refractivity contribution in [1.82, 2.24) is 0 Å². The van der Waals surface area contributed by atoms with Crippen molar-refractivity contribution in [2.24, 2.45) is 0 Å². The summed E-state index contributed by atoms with van der Waals surface area (Å²) in [6.45, 7) is 8.76. The van der Waals surface area contributed by atoms with Gasteiger partial charge in [0.1, 0.15) is 0 Å². The summed E-state index contributed by atoms with van der Waals surface area (Å²) < 4.78 is 0. The molecule has 0 aromatic heterocycles. The van der Waals surface area contributed by atoms with Gasteiger partial charge in [0.2, 0.25) is 0 Å². The molecule has 0 bridgehead atoms. The second kappa shape index (κ2) is 19.0. The van der Waals surface area contributed by atoms with Crippen molar-refractivity contribution < 1.29 is 20.5 Å². The van der Waals surface area contributed by atoms with Gasteiger partial charge < -0.3 is 29.7 Å². The molecule has 0 atom stereocenters. The Bertz CT molecular complexity index is 1070. The van der Waals surface area contributed by atoms with Gasteiger partial charge in [0.15, 0.2) is 0 Å². The number of unbranched alkanes of at least 4 members (excludes halogenated alkanes) is 1. The fraction of sp³-hybridized carbons (Fsp3) is 0.226. The molecule has 0 aliphatic heterocycles. The van der Waals surface area contributed by atoms with Gasteiger partial charge in [0, 0.05) is 0 Å². The number of hydrogen-bond acceptors (Lipinski definition) is 0. The van der Waals surface area contributed by atoms with Crippen LogP contribution in [0, 0.1) is 29.7 Å². The van der Waals surface area contributed by atoms with E-state index in [1.165, 1.54) is 66.0 Å². The number of benzene rings is 2. The molecule has 0 fully saturated rings. The van der Waals surface area contributed by atoms with E-state index in [0.29, 0.717) is 0 Å². The van der Waals surface area contributed by atoms with E-state index >= 15 is 0 Å². The molecular weight excluding hydrogens is 520 g/mol. The molecule has 0 saturated heterocycles. The third kappa shape index (κ3) is 9.40. The Kier molecular flexibility index (Phi) is 19.5. The van der Waals surface area contributed by atoms with E-state index in [9.17, 15) is 0 Å². The number of aryl methyl sites for hydroxylation is 2. The molecule has 5 rings (SSSR count). The van der Waals surface area contributed by atoms with Crippen molar-refractivity contribution in [2.45, 2.75) is 45.4 Å². The molecule has 0 spiro atoms.